The molecule has 2 aliphatic heterocycles. The van der Waals surface area contributed by atoms with Gasteiger partial charge in [-0.1, -0.05) is 55.5 Å². The van der Waals surface area contributed by atoms with Crippen molar-refractivity contribution in [1.29, 1.82) is 0 Å². The lowest BCUT2D eigenvalue weighted by Gasteiger charge is -2.31. The standard InChI is InChI=1S/C36H44N6O7/c1-4-11-30(43)41-31-22(3)49-36(48)28(19-24-20-37-26-15-9-8-14-25(24)26)40-33(45)29-16-10-17-42(29)35(47)21(2)38-32(44)27(39-34(31)46)18-23-12-6-5-7-13-23/h5-9,12-15,20-22,27-29,31,37H,4,10-11,16-19H2,1-3H3,(H,38,44)(H,39,46)(H,40,45)(H,41,43)/t21-,22-,27-,28+,29+,31+/m1/s1. The van der Waals surface area contributed by atoms with Crippen molar-refractivity contribution in [3.05, 3.63) is 71.9 Å². The largest absolute Gasteiger partial charge is 0.458 e. The molecule has 49 heavy (non-hydrogen) atoms. The zero-order valence-corrected chi connectivity index (χ0v) is 28.0. The maximum atomic E-state index is 13.9. The van der Waals surface area contributed by atoms with Crippen molar-refractivity contribution in [1.82, 2.24) is 31.2 Å². The van der Waals surface area contributed by atoms with Crippen molar-refractivity contribution in [2.45, 2.75) is 95.6 Å². The molecule has 6 atom stereocenters. The van der Waals surface area contributed by atoms with E-state index < -0.39 is 71.8 Å². The van der Waals surface area contributed by atoms with Gasteiger partial charge in [-0.15, -0.1) is 0 Å². The van der Waals surface area contributed by atoms with Crippen LogP contribution in [0.25, 0.3) is 10.9 Å². The van der Waals surface area contributed by atoms with E-state index in [-0.39, 0.29) is 19.3 Å². The van der Waals surface area contributed by atoms with Gasteiger partial charge in [0.25, 0.3) is 0 Å². The first-order valence-electron chi connectivity index (χ1n) is 16.9. The zero-order chi connectivity index (χ0) is 35.1. The Bertz CT molecular complexity index is 1690. The number of hydrogen-bond donors (Lipinski definition) is 5. The van der Waals surface area contributed by atoms with Crippen LogP contribution in [0.1, 0.15) is 57.6 Å². The minimum Gasteiger partial charge on any atom is -0.458 e. The predicted molar refractivity (Wildman–Crippen MR) is 181 cm³/mol. The number of cyclic esters (lactones) is 1. The number of rotatable bonds is 7. The molecule has 0 unspecified atom stereocenters. The van der Waals surface area contributed by atoms with Crippen LogP contribution in [0.2, 0.25) is 0 Å². The van der Waals surface area contributed by atoms with Gasteiger partial charge in [0.1, 0.15) is 36.3 Å². The number of benzene rings is 2. The second-order valence-electron chi connectivity index (χ2n) is 12.7. The number of aromatic nitrogens is 1. The molecule has 0 radical (unpaired) electrons. The number of H-pyrrole nitrogens is 1. The van der Waals surface area contributed by atoms with Crippen LogP contribution in [0.5, 0.6) is 0 Å². The molecule has 2 fully saturated rings. The van der Waals surface area contributed by atoms with Gasteiger partial charge in [0.05, 0.1) is 0 Å². The molecule has 3 aromatic rings. The molecular formula is C36H44N6O7. The third kappa shape index (κ3) is 8.45. The zero-order valence-electron chi connectivity index (χ0n) is 28.0. The number of aromatic amines is 1. The van der Waals surface area contributed by atoms with Crippen molar-refractivity contribution in [3.63, 3.8) is 0 Å². The first-order chi connectivity index (χ1) is 23.5. The fourth-order valence-electron chi connectivity index (χ4n) is 6.43. The van der Waals surface area contributed by atoms with Gasteiger partial charge < -0.3 is 35.9 Å². The van der Waals surface area contributed by atoms with E-state index in [4.69, 9.17) is 4.74 Å². The molecule has 5 rings (SSSR count). The second kappa shape index (κ2) is 15.8. The topological polar surface area (TPSA) is 179 Å². The number of amides is 5. The Labute approximate surface area is 284 Å². The first-order valence-corrected chi connectivity index (χ1v) is 16.9. The molecule has 0 aliphatic carbocycles. The Morgan fingerprint density at radius 2 is 1.59 bits per heavy atom. The van der Waals surface area contributed by atoms with Crippen LogP contribution < -0.4 is 21.3 Å². The molecule has 2 aliphatic rings. The highest BCUT2D eigenvalue weighted by Gasteiger charge is 2.40. The SMILES string of the molecule is CCCC(=O)N[C@@H]1C(=O)N[C@H](Cc2ccccc2)C(=O)N[C@H](C)C(=O)N2CCC[C@H]2C(=O)N[C@@H](Cc2c[nH]c3ccccc23)C(=O)O[C@@H]1C. The van der Waals surface area contributed by atoms with E-state index in [1.54, 1.807) is 30.5 Å². The van der Waals surface area contributed by atoms with Gasteiger partial charge >= 0.3 is 5.97 Å². The summed E-state index contributed by atoms with van der Waals surface area (Å²) in [5.41, 5.74) is 2.35. The number of carbonyl (C=O) groups is 6. The lowest BCUT2D eigenvalue weighted by atomic mass is 10.0. The normalized spacial score (nSPS) is 25.6. The second-order valence-corrected chi connectivity index (χ2v) is 12.7. The van der Waals surface area contributed by atoms with Crippen LogP contribution in [0, 0.1) is 0 Å². The van der Waals surface area contributed by atoms with Crippen LogP contribution >= 0.6 is 0 Å². The van der Waals surface area contributed by atoms with Gasteiger partial charge in [0, 0.05) is 42.9 Å². The van der Waals surface area contributed by atoms with Gasteiger partial charge in [0.15, 0.2) is 0 Å². The summed E-state index contributed by atoms with van der Waals surface area (Å²) in [7, 11) is 0. The average Bonchev–Trinajstić information content (AvgIpc) is 3.74. The fraction of sp³-hybridized carbons (Fsp3) is 0.444. The van der Waals surface area contributed by atoms with Crippen LogP contribution in [0.15, 0.2) is 60.8 Å². The van der Waals surface area contributed by atoms with Crippen molar-refractivity contribution in [3.8, 4) is 0 Å². The highest BCUT2D eigenvalue weighted by atomic mass is 16.5. The molecule has 5 amide bonds. The Morgan fingerprint density at radius 1 is 0.878 bits per heavy atom. The summed E-state index contributed by atoms with van der Waals surface area (Å²) in [6.07, 6.45) is 2.29. The summed E-state index contributed by atoms with van der Waals surface area (Å²) < 4.78 is 5.84. The Kier molecular flexibility index (Phi) is 11.3. The number of carbonyl (C=O) groups excluding carboxylic acids is 6. The van der Waals surface area contributed by atoms with Crippen molar-refractivity contribution in [2.75, 3.05) is 6.54 Å². The molecule has 260 valence electrons. The minimum atomic E-state index is -1.37. The number of hydrogen-bond acceptors (Lipinski definition) is 7. The monoisotopic (exact) mass is 672 g/mol. The highest BCUT2D eigenvalue weighted by Crippen LogP contribution is 2.22. The minimum absolute atomic E-state index is 0.0621. The number of para-hydroxylation sites is 1. The molecule has 1 aromatic heterocycles. The third-order valence-corrected chi connectivity index (χ3v) is 9.03. The van der Waals surface area contributed by atoms with E-state index in [0.717, 1.165) is 22.0 Å². The number of nitrogens with zero attached hydrogens (tertiary/aromatic N) is 1. The van der Waals surface area contributed by atoms with Crippen molar-refractivity contribution in [2.24, 2.45) is 0 Å². The lowest BCUT2D eigenvalue weighted by molar-refractivity contribution is -0.156. The maximum absolute atomic E-state index is 13.9. The molecule has 2 saturated heterocycles. The van der Waals surface area contributed by atoms with Crippen LogP contribution in [-0.4, -0.2) is 88.2 Å². The Balaban J connectivity index is 1.51. The highest BCUT2D eigenvalue weighted by molar-refractivity contribution is 5.97. The predicted octanol–water partition coefficient (Wildman–Crippen LogP) is 1.65. The molecular weight excluding hydrogens is 628 g/mol. The van der Waals surface area contributed by atoms with E-state index >= 15 is 0 Å². The Morgan fingerprint density at radius 3 is 2.35 bits per heavy atom. The van der Waals surface area contributed by atoms with Crippen LogP contribution in [-0.2, 0) is 46.3 Å². The summed E-state index contributed by atoms with van der Waals surface area (Å²) in [6, 6.07) is 11.0. The molecule has 2 aromatic carbocycles. The first kappa shape index (κ1) is 35.1. The molecule has 0 bridgehead atoms. The summed E-state index contributed by atoms with van der Waals surface area (Å²) in [5.74, 6) is -3.61. The van der Waals surface area contributed by atoms with Crippen LogP contribution in [0.3, 0.4) is 0 Å². The van der Waals surface area contributed by atoms with E-state index in [1.807, 2.05) is 37.3 Å². The van der Waals surface area contributed by atoms with Gasteiger partial charge in [0.2, 0.25) is 29.5 Å². The Hall–Kier alpha value is -5.20. The smallest absolute Gasteiger partial charge is 0.329 e. The summed E-state index contributed by atoms with van der Waals surface area (Å²) in [5, 5.41) is 11.8. The van der Waals surface area contributed by atoms with E-state index in [2.05, 4.69) is 26.3 Å². The molecule has 13 heteroatoms. The van der Waals surface area contributed by atoms with Gasteiger partial charge in [-0.25, -0.2) is 4.79 Å². The molecule has 5 N–H and O–H groups in total. The number of ether oxygens (including phenoxy) is 1. The number of nitrogens with one attached hydrogen (secondary N) is 5. The van der Waals surface area contributed by atoms with E-state index in [9.17, 15) is 28.8 Å². The third-order valence-electron chi connectivity index (χ3n) is 9.03. The number of esters is 1. The van der Waals surface area contributed by atoms with E-state index in [1.165, 1.54) is 18.7 Å². The maximum Gasteiger partial charge on any atom is 0.329 e. The van der Waals surface area contributed by atoms with Crippen molar-refractivity contribution >= 4 is 46.4 Å². The van der Waals surface area contributed by atoms with Crippen molar-refractivity contribution < 1.29 is 33.5 Å². The number of fused-ring (bicyclic) bond motifs is 2. The average molecular weight is 673 g/mol. The quantitative estimate of drug-likeness (QED) is 0.237. The van der Waals surface area contributed by atoms with E-state index in [0.29, 0.717) is 25.8 Å². The van der Waals surface area contributed by atoms with Gasteiger partial charge in [-0.05, 0) is 50.3 Å². The molecule has 0 saturated carbocycles. The molecule has 3 heterocycles. The van der Waals surface area contributed by atoms with Crippen LogP contribution in [0.4, 0.5) is 0 Å². The summed E-state index contributed by atoms with van der Waals surface area (Å²) in [4.78, 5) is 86.3. The van der Waals surface area contributed by atoms with Gasteiger partial charge in [-0.3, -0.25) is 24.0 Å². The summed E-state index contributed by atoms with van der Waals surface area (Å²) in [6.45, 7) is 5.13. The van der Waals surface area contributed by atoms with Gasteiger partial charge in [-0.2, -0.15) is 0 Å². The molecule has 0 spiro atoms. The summed E-state index contributed by atoms with van der Waals surface area (Å²) >= 11 is 0. The fourth-order valence-corrected chi connectivity index (χ4v) is 6.43. The lowest BCUT2D eigenvalue weighted by Crippen LogP contribution is -2.61. The molecule has 13 nitrogen and oxygen atoms in total.